The van der Waals surface area contributed by atoms with E-state index in [4.69, 9.17) is 4.74 Å². The summed E-state index contributed by atoms with van der Waals surface area (Å²) in [5, 5.41) is 9.62. The first-order valence-corrected chi connectivity index (χ1v) is 7.59. The van der Waals surface area contributed by atoms with Gasteiger partial charge in [0.1, 0.15) is 12.4 Å². The Hall–Kier alpha value is -1.06. The van der Waals surface area contributed by atoms with Crippen LogP contribution in [0.3, 0.4) is 0 Å². The molecule has 3 heteroatoms. The molecule has 1 saturated heterocycles. The molecule has 20 heavy (non-hydrogen) atoms. The highest BCUT2D eigenvalue weighted by Crippen LogP contribution is 2.24. The number of nitrogens with zero attached hydrogens (tertiary/aromatic N) is 1. The van der Waals surface area contributed by atoms with Crippen LogP contribution in [0.2, 0.25) is 0 Å². The normalized spacial score (nSPS) is 20.9. The van der Waals surface area contributed by atoms with Gasteiger partial charge in [0.2, 0.25) is 0 Å². The van der Waals surface area contributed by atoms with Crippen LogP contribution in [0.1, 0.15) is 39.2 Å². The molecule has 0 bridgehead atoms. The van der Waals surface area contributed by atoms with Crippen molar-refractivity contribution in [2.24, 2.45) is 0 Å². The maximum absolute atomic E-state index is 9.62. The van der Waals surface area contributed by atoms with Crippen molar-refractivity contribution in [3.05, 3.63) is 29.8 Å². The topological polar surface area (TPSA) is 32.7 Å². The lowest BCUT2D eigenvalue weighted by molar-refractivity contribution is 0.0633. The zero-order chi connectivity index (χ0) is 14.6. The fourth-order valence-electron chi connectivity index (χ4n) is 2.58. The van der Waals surface area contributed by atoms with E-state index in [0.717, 1.165) is 38.2 Å². The van der Waals surface area contributed by atoms with E-state index in [1.54, 1.807) is 0 Å². The van der Waals surface area contributed by atoms with E-state index < -0.39 is 0 Å². The number of hydrogen-bond donors (Lipinski definition) is 1. The number of aliphatic hydroxyl groups is 1. The second kappa shape index (κ2) is 6.59. The number of benzene rings is 1. The molecule has 0 aliphatic carbocycles. The molecule has 1 fully saturated rings. The summed E-state index contributed by atoms with van der Waals surface area (Å²) in [5.41, 5.74) is 1.51. The van der Waals surface area contributed by atoms with Gasteiger partial charge in [0.05, 0.1) is 6.10 Å². The van der Waals surface area contributed by atoms with Gasteiger partial charge in [0.25, 0.3) is 0 Å². The molecule has 0 amide bonds. The van der Waals surface area contributed by atoms with E-state index >= 15 is 0 Å². The molecule has 0 unspecified atom stereocenters. The molecule has 1 heterocycles. The van der Waals surface area contributed by atoms with Crippen molar-refractivity contribution in [1.29, 1.82) is 0 Å². The summed E-state index contributed by atoms with van der Waals surface area (Å²) in [6, 6.07) is 8.37. The molecular weight excluding hydrogens is 250 g/mol. The molecule has 1 N–H and O–H groups in total. The lowest BCUT2D eigenvalue weighted by atomic mass is 9.87. The second-order valence-corrected chi connectivity index (χ2v) is 6.72. The van der Waals surface area contributed by atoms with Gasteiger partial charge in [0, 0.05) is 13.1 Å². The maximum Gasteiger partial charge on any atom is 0.119 e. The molecule has 1 aliphatic rings. The molecule has 1 aromatic carbocycles. The minimum Gasteiger partial charge on any atom is -0.492 e. The Morgan fingerprint density at radius 3 is 2.55 bits per heavy atom. The van der Waals surface area contributed by atoms with Crippen LogP contribution in [-0.4, -0.2) is 42.4 Å². The van der Waals surface area contributed by atoms with E-state index in [1.165, 1.54) is 5.56 Å². The van der Waals surface area contributed by atoms with Crippen molar-refractivity contribution in [2.45, 2.75) is 45.1 Å². The predicted octanol–water partition coefficient (Wildman–Crippen LogP) is 2.82. The van der Waals surface area contributed by atoms with Crippen LogP contribution in [0.15, 0.2) is 24.3 Å². The third kappa shape index (κ3) is 4.50. The third-order valence-corrected chi connectivity index (χ3v) is 3.88. The van der Waals surface area contributed by atoms with E-state index in [-0.39, 0.29) is 11.5 Å². The number of hydrogen-bond acceptors (Lipinski definition) is 3. The summed E-state index contributed by atoms with van der Waals surface area (Å²) >= 11 is 0. The Balaban J connectivity index is 1.77. The van der Waals surface area contributed by atoms with Crippen molar-refractivity contribution >= 4 is 0 Å². The number of rotatable bonds is 4. The van der Waals surface area contributed by atoms with E-state index in [9.17, 15) is 5.11 Å². The number of likely N-dealkylation sites (tertiary alicyclic amines) is 1. The fourth-order valence-corrected chi connectivity index (χ4v) is 2.58. The van der Waals surface area contributed by atoms with Gasteiger partial charge in [-0.3, -0.25) is 4.90 Å². The highest BCUT2D eigenvalue weighted by Gasteiger charge is 2.17. The number of β-amino-alcohol motifs (C(OH)–C–C–N with tert-alkyl or cyclic N) is 1. The quantitative estimate of drug-likeness (QED) is 0.918. The molecule has 112 valence electrons. The van der Waals surface area contributed by atoms with Gasteiger partial charge in [-0.25, -0.2) is 0 Å². The molecule has 0 saturated carbocycles. The zero-order valence-corrected chi connectivity index (χ0v) is 12.9. The Morgan fingerprint density at radius 2 is 1.95 bits per heavy atom. The van der Waals surface area contributed by atoms with Crippen molar-refractivity contribution in [1.82, 2.24) is 4.90 Å². The minimum atomic E-state index is -0.158. The summed E-state index contributed by atoms with van der Waals surface area (Å²) in [6.45, 7) is 10.1. The van der Waals surface area contributed by atoms with Crippen molar-refractivity contribution in [3.8, 4) is 5.75 Å². The second-order valence-electron chi connectivity index (χ2n) is 6.72. The molecular formula is C17H27NO2. The van der Waals surface area contributed by atoms with Crippen molar-refractivity contribution in [2.75, 3.05) is 26.2 Å². The summed E-state index contributed by atoms with van der Waals surface area (Å²) in [7, 11) is 0. The van der Waals surface area contributed by atoms with Crippen molar-refractivity contribution in [3.63, 3.8) is 0 Å². The van der Waals surface area contributed by atoms with E-state index in [0.29, 0.717) is 6.61 Å². The lowest BCUT2D eigenvalue weighted by Crippen LogP contribution is -2.40. The van der Waals surface area contributed by atoms with Crippen LogP contribution in [0.4, 0.5) is 0 Å². The molecule has 1 aromatic rings. The van der Waals surface area contributed by atoms with Gasteiger partial charge in [-0.1, -0.05) is 32.9 Å². The number of ether oxygens (including phenoxy) is 1. The monoisotopic (exact) mass is 277 g/mol. The lowest BCUT2D eigenvalue weighted by Gasteiger charge is -2.29. The first-order valence-electron chi connectivity index (χ1n) is 7.59. The summed E-state index contributed by atoms with van der Waals surface area (Å²) < 4.78 is 5.79. The van der Waals surface area contributed by atoms with Crippen LogP contribution in [-0.2, 0) is 5.41 Å². The number of aliphatic hydroxyl groups excluding tert-OH is 1. The van der Waals surface area contributed by atoms with Gasteiger partial charge in [-0.05, 0) is 42.5 Å². The first-order chi connectivity index (χ1) is 9.45. The summed E-state index contributed by atoms with van der Waals surface area (Å²) in [5.74, 6) is 0.926. The standard InChI is InChI=1S/C17H27NO2/c1-17(2,3)14-6-8-16(9-7-14)20-12-11-18-10-4-5-15(19)13-18/h6-9,15,19H,4-5,10-13H2,1-3H3/t15-/m0/s1. The maximum atomic E-state index is 9.62. The average Bonchev–Trinajstić information content (AvgIpc) is 2.38. The minimum absolute atomic E-state index is 0.158. The number of piperidine rings is 1. The zero-order valence-electron chi connectivity index (χ0n) is 12.9. The van der Waals surface area contributed by atoms with E-state index in [1.807, 2.05) is 12.1 Å². The summed E-state index contributed by atoms with van der Waals surface area (Å²) in [4.78, 5) is 2.28. The van der Waals surface area contributed by atoms with Crippen LogP contribution in [0.5, 0.6) is 5.75 Å². The van der Waals surface area contributed by atoms with Gasteiger partial charge in [0.15, 0.2) is 0 Å². The largest absolute Gasteiger partial charge is 0.492 e. The Labute approximate surface area is 122 Å². The highest BCUT2D eigenvalue weighted by molar-refractivity contribution is 5.31. The van der Waals surface area contributed by atoms with Crippen LogP contribution >= 0.6 is 0 Å². The first kappa shape index (κ1) is 15.3. The van der Waals surface area contributed by atoms with Gasteiger partial charge < -0.3 is 9.84 Å². The van der Waals surface area contributed by atoms with Gasteiger partial charge in [-0.15, -0.1) is 0 Å². The third-order valence-electron chi connectivity index (χ3n) is 3.88. The smallest absolute Gasteiger partial charge is 0.119 e. The van der Waals surface area contributed by atoms with Gasteiger partial charge in [-0.2, -0.15) is 0 Å². The molecule has 3 nitrogen and oxygen atoms in total. The van der Waals surface area contributed by atoms with Crippen LogP contribution in [0.25, 0.3) is 0 Å². The fraction of sp³-hybridized carbons (Fsp3) is 0.647. The summed E-state index contributed by atoms with van der Waals surface area (Å²) in [6.07, 6.45) is 1.86. The SMILES string of the molecule is CC(C)(C)c1ccc(OCCN2CCC[C@H](O)C2)cc1. The molecule has 0 radical (unpaired) electrons. The highest BCUT2D eigenvalue weighted by atomic mass is 16.5. The molecule has 0 spiro atoms. The average molecular weight is 277 g/mol. The van der Waals surface area contributed by atoms with Gasteiger partial charge >= 0.3 is 0 Å². The predicted molar refractivity (Wildman–Crippen MR) is 82.3 cm³/mol. The Kier molecular flexibility index (Phi) is 5.06. The molecule has 0 aromatic heterocycles. The molecule has 1 atom stereocenters. The molecule has 1 aliphatic heterocycles. The Morgan fingerprint density at radius 1 is 1.25 bits per heavy atom. The Bertz CT molecular complexity index is 408. The van der Waals surface area contributed by atoms with Crippen LogP contribution < -0.4 is 4.74 Å². The van der Waals surface area contributed by atoms with Crippen LogP contribution in [0, 0.1) is 0 Å². The molecule has 2 rings (SSSR count). The van der Waals surface area contributed by atoms with Crippen molar-refractivity contribution < 1.29 is 9.84 Å². The van der Waals surface area contributed by atoms with E-state index in [2.05, 4.69) is 37.8 Å².